The summed E-state index contributed by atoms with van der Waals surface area (Å²) in [6, 6.07) is 0.673. The Labute approximate surface area is 69.2 Å². The molecule has 0 saturated heterocycles. The van der Waals surface area contributed by atoms with Gasteiger partial charge in [-0.2, -0.15) is 0 Å². The fourth-order valence-corrected chi connectivity index (χ4v) is 1.60. The van der Waals surface area contributed by atoms with Crippen LogP contribution in [0.15, 0.2) is 23.8 Å². The molecule has 0 saturated carbocycles. The van der Waals surface area contributed by atoms with Crippen LogP contribution < -0.4 is 5.32 Å². The van der Waals surface area contributed by atoms with Gasteiger partial charge in [0.05, 0.1) is 0 Å². The van der Waals surface area contributed by atoms with Gasteiger partial charge in [-0.25, -0.2) is 0 Å². The summed E-state index contributed by atoms with van der Waals surface area (Å²) in [4.78, 5) is 0. The number of hydrogen-bond acceptors (Lipinski definition) is 1. The van der Waals surface area contributed by atoms with E-state index in [0.717, 1.165) is 6.42 Å². The molecule has 1 unspecified atom stereocenters. The lowest BCUT2D eigenvalue weighted by Gasteiger charge is -2.23. The number of allylic oxidation sites excluding steroid dienone is 2. The minimum Gasteiger partial charge on any atom is -0.317 e. The smallest absolute Gasteiger partial charge is 0.0107 e. The molecule has 0 aromatic rings. The van der Waals surface area contributed by atoms with E-state index in [2.05, 4.69) is 18.8 Å². The van der Waals surface area contributed by atoms with Crippen LogP contribution >= 0.6 is 0 Å². The third-order valence-corrected chi connectivity index (χ3v) is 2.54. The molecule has 11 heavy (non-hydrogen) atoms. The molecule has 0 bridgehead atoms. The van der Waals surface area contributed by atoms with Gasteiger partial charge in [-0.3, -0.25) is 0 Å². The van der Waals surface area contributed by atoms with E-state index in [1.807, 2.05) is 13.1 Å². The van der Waals surface area contributed by atoms with Gasteiger partial charge in [0.1, 0.15) is 0 Å². The van der Waals surface area contributed by atoms with Gasteiger partial charge in [0.25, 0.3) is 0 Å². The summed E-state index contributed by atoms with van der Waals surface area (Å²) in [7, 11) is 2.03. The number of rotatable bonds is 2. The molecule has 62 valence electrons. The molecule has 0 aliphatic heterocycles. The Morgan fingerprint density at radius 3 is 2.91 bits per heavy atom. The monoisotopic (exact) mass is 151 g/mol. The summed E-state index contributed by atoms with van der Waals surface area (Å²) in [6.07, 6.45) is 5.66. The number of hydrogen-bond donors (Lipinski definition) is 1. The minimum absolute atomic E-state index is 0.673. The van der Waals surface area contributed by atoms with E-state index in [9.17, 15) is 0 Å². The van der Waals surface area contributed by atoms with E-state index in [-0.39, 0.29) is 0 Å². The Hall–Kier alpha value is -0.560. The molecule has 1 aliphatic carbocycles. The van der Waals surface area contributed by atoms with Crippen LogP contribution in [0, 0.1) is 0 Å². The van der Waals surface area contributed by atoms with Crippen molar-refractivity contribution in [2.45, 2.75) is 32.2 Å². The average Bonchev–Trinajstić information content (AvgIpc) is 2.05. The lowest BCUT2D eigenvalue weighted by Crippen LogP contribution is -2.27. The molecule has 0 amide bonds. The summed E-state index contributed by atoms with van der Waals surface area (Å²) < 4.78 is 0. The first-order chi connectivity index (χ1) is 5.27. The molecule has 0 aromatic carbocycles. The zero-order valence-corrected chi connectivity index (χ0v) is 7.48. The summed E-state index contributed by atoms with van der Waals surface area (Å²) in [6.45, 7) is 6.03. The molecule has 1 N–H and O–H groups in total. The fraction of sp³-hybridized carbons (Fsp3) is 0.600. The maximum absolute atomic E-state index is 3.82. The maximum atomic E-state index is 3.82. The highest BCUT2D eigenvalue weighted by atomic mass is 14.9. The topological polar surface area (TPSA) is 12.0 Å². The van der Waals surface area contributed by atoms with Crippen molar-refractivity contribution in [3.8, 4) is 0 Å². The lowest BCUT2D eigenvalue weighted by molar-refractivity contribution is 0.497. The van der Waals surface area contributed by atoms with Gasteiger partial charge >= 0.3 is 0 Å². The third-order valence-electron chi connectivity index (χ3n) is 2.54. The normalized spacial score (nSPS) is 25.5. The molecule has 1 heteroatoms. The van der Waals surface area contributed by atoms with Gasteiger partial charge < -0.3 is 5.32 Å². The maximum Gasteiger partial charge on any atom is 0.0107 e. The largest absolute Gasteiger partial charge is 0.317 e. The van der Waals surface area contributed by atoms with Gasteiger partial charge in [0.2, 0.25) is 0 Å². The van der Waals surface area contributed by atoms with Crippen LogP contribution in [0.2, 0.25) is 0 Å². The van der Waals surface area contributed by atoms with E-state index >= 15 is 0 Å². The van der Waals surface area contributed by atoms with E-state index in [4.69, 9.17) is 0 Å². The fourth-order valence-electron chi connectivity index (χ4n) is 1.60. The van der Waals surface area contributed by atoms with Crippen molar-refractivity contribution in [3.05, 3.63) is 23.8 Å². The molecule has 0 heterocycles. The van der Waals surface area contributed by atoms with E-state index in [1.54, 1.807) is 0 Å². The predicted molar refractivity (Wildman–Crippen MR) is 49.6 cm³/mol. The molecular weight excluding hydrogens is 134 g/mol. The van der Waals surface area contributed by atoms with Crippen LogP contribution in [0.1, 0.15) is 26.2 Å². The molecule has 1 aliphatic rings. The summed E-state index contributed by atoms with van der Waals surface area (Å²) >= 11 is 0. The number of nitrogens with one attached hydrogen (secondary N) is 1. The highest BCUT2D eigenvalue weighted by molar-refractivity contribution is 5.26. The highest BCUT2D eigenvalue weighted by Gasteiger charge is 2.14. The van der Waals surface area contributed by atoms with Crippen LogP contribution in [0.3, 0.4) is 0 Å². The molecule has 0 radical (unpaired) electrons. The zero-order valence-electron chi connectivity index (χ0n) is 7.48. The minimum atomic E-state index is 0.673. The van der Waals surface area contributed by atoms with Crippen molar-refractivity contribution in [3.63, 3.8) is 0 Å². The van der Waals surface area contributed by atoms with Gasteiger partial charge in [-0.05, 0) is 38.8 Å². The second kappa shape index (κ2) is 3.72. The Kier molecular flexibility index (Phi) is 2.89. The Bertz CT molecular complexity index is 179. The molecular formula is C10H17N. The van der Waals surface area contributed by atoms with Crippen molar-refractivity contribution in [1.29, 1.82) is 0 Å². The first-order valence-corrected chi connectivity index (χ1v) is 4.26. The third kappa shape index (κ3) is 1.93. The molecule has 1 rings (SSSR count). The first-order valence-electron chi connectivity index (χ1n) is 4.26. The van der Waals surface area contributed by atoms with Gasteiger partial charge in [0, 0.05) is 6.04 Å². The molecule has 1 atom stereocenters. The Balaban J connectivity index is 2.65. The molecule has 0 fully saturated rings. The Morgan fingerprint density at radius 2 is 2.36 bits per heavy atom. The van der Waals surface area contributed by atoms with Crippen LogP contribution in [0.25, 0.3) is 0 Å². The van der Waals surface area contributed by atoms with Crippen LogP contribution in [-0.4, -0.2) is 13.1 Å². The van der Waals surface area contributed by atoms with E-state index in [1.165, 1.54) is 24.0 Å². The zero-order chi connectivity index (χ0) is 8.27. The van der Waals surface area contributed by atoms with Crippen molar-refractivity contribution >= 4 is 0 Å². The quantitative estimate of drug-likeness (QED) is 0.638. The first kappa shape index (κ1) is 8.54. The predicted octanol–water partition coefficient (Wildman–Crippen LogP) is 2.26. The van der Waals surface area contributed by atoms with Crippen molar-refractivity contribution in [2.24, 2.45) is 0 Å². The van der Waals surface area contributed by atoms with E-state index < -0.39 is 0 Å². The Morgan fingerprint density at radius 1 is 1.64 bits per heavy atom. The standard InChI is InChI=1S/C10H17N/c1-4-9-7-10(11-3)6-5-8(9)2/h4,10-11H,1,5-7H2,2-3H3. The van der Waals surface area contributed by atoms with Gasteiger partial charge in [0.15, 0.2) is 0 Å². The van der Waals surface area contributed by atoms with Crippen molar-refractivity contribution < 1.29 is 0 Å². The van der Waals surface area contributed by atoms with E-state index in [0.29, 0.717) is 6.04 Å². The van der Waals surface area contributed by atoms with Gasteiger partial charge in [-0.1, -0.05) is 18.2 Å². The SMILES string of the molecule is C=CC1=C(C)CCC(NC)C1. The van der Waals surface area contributed by atoms with Crippen molar-refractivity contribution in [1.82, 2.24) is 5.32 Å². The summed E-state index contributed by atoms with van der Waals surface area (Å²) in [5.74, 6) is 0. The van der Waals surface area contributed by atoms with Crippen molar-refractivity contribution in [2.75, 3.05) is 7.05 Å². The average molecular weight is 151 g/mol. The summed E-state index contributed by atoms with van der Waals surface area (Å²) in [5.41, 5.74) is 2.96. The van der Waals surface area contributed by atoms with Crippen LogP contribution in [0.4, 0.5) is 0 Å². The molecule has 0 spiro atoms. The second-order valence-electron chi connectivity index (χ2n) is 3.24. The summed E-state index contributed by atoms with van der Waals surface area (Å²) in [5, 5.41) is 3.31. The van der Waals surface area contributed by atoms with Gasteiger partial charge in [-0.15, -0.1) is 0 Å². The molecule has 0 aromatic heterocycles. The lowest BCUT2D eigenvalue weighted by atomic mass is 9.89. The molecule has 1 nitrogen and oxygen atoms in total. The highest BCUT2D eigenvalue weighted by Crippen LogP contribution is 2.24. The second-order valence-corrected chi connectivity index (χ2v) is 3.24. The van der Waals surface area contributed by atoms with Crippen LogP contribution in [-0.2, 0) is 0 Å². The van der Waals surface area contributed by atoms with Crippen LogP contribution in [0.5, 0.6) is 0 Å².